The minimum Gasteiger partial charge on any atom is -0.378 e. The molecule has 2 aromatic heterocycles. The van der Waals surface area contributed by atoms with E-state index in [-0.39, 0.29) is 17.4 Å². The van der Waals surface area contributed by atoms with E-state index < -0.39 is 0 Å². The lowest BCUT2D eigenvalue weighted by molar-refractivity contribution is -0.125. The summed E-state index contributed by atoms with van der Waals surface area (Å²) in [6.45, 7) is 2.15. The summed E-state index contributed by atoms with van der Waals surface area (Å²) in [6, 6.07) is 21.8. The number of nitrogens with zero attached hydrogens (tertiary/aromatic N) is 5. The number of carbonyl (C=O) groups excluding carboxylic acids is 1. The minimum atomic E-state index is -0.154. The van der Waals surface area contributed by atoms with Crippen LogP contribution in [0, 0.1) is 5.92 Å². The number of amides is 1. The molecule has 1 N–H and O–H groups in total. The summed E-state index contributed by atoms with van der Waals surface area (Å²) in [4.78, 5) is 39.6. The summed E-state index contributed by atoms with van der Waals surface area (Å²) >= 11 is 0. The van der Waals surface area contributed by atoms with Crippen LogP contribution in [0.1, 0.15) is 24.0 Å². The van der Waals surface area contributed by atoms with Gasteiger partial charge in [0.05, 0.1) is 6.54 Å². The Labute approximate surface area is 216 Å². The van der Waals surface area contributed by atoms with E-state index >= 15 is 0 Å². The Morgan fingerprint density at radius 3 is 2.41 bits per heavy atom. The van der Waals surface area contributed by atoms with E-state index in [2.05, 4.69) is 22.4 Å². The first-order valence-electron chi connectivity index (χ1n) is 12.7. The Kier molecular flexibility index (Phi) is 7.16. The number of anilines is 2. The molecule has 1 aliphatic heterocycles. The van der Waals surface area contributed by atoms with Crippen molar-refractivity contribution in [3.63, 3.8) is 0 Å². The van der Waals surface area contributed by atoms with Crippen LogP contribution in [0.5, 0.6) is 0 Å². The second-order valence-corrected chi connectivity index (χ2v) is 9.70. The van der Waals surface area contributed by atoms with Crippen LogP contribution >= 0.6 is 0 Å². The molecule has 8 heteroatoms. The van der Waals surface area contributed by atoms with Gasteiger partial charge in [-0.3, -0.25) is 14.2 Å². The van der Waals surface area contributed by atoms with Gasteiger partial charge in [-0.1, -0.05) is 42.5 Å². The molecule has 8 nitrogen and oxygen atoms in total. The average Bonchev–Trinajstić information content (AvgIpc) is 2.94. The van der Waals surface area contributed by atoms with Gasteiger partial charge >= 0.3 is 0 Å². The molecule has 1 amide bonds. The van der Waals surface area contributed by atoms with Crippen molar-refractivity contribution in [3.05, 3.63) is 94.4 Å². The largest absolute Gasteiger partial charge is 0.378 e. The normalized spacial score (nSPS) is 14.1. The number of fused-ring (bicyclic) bond motifs is 1. The molecule has 4 aromatic rings. The van der Waals surface area contributed by atoms with Crippen LogP contribution in [0.15, 0.2) is 77.7 Å². The third-order valence-electron chi connectivity index (χ3n) is 6.95. The predicted molar refractivity (Wildman–Crippen MR) is 147 cm³/mol. The van der Waals surface area contributed by atoms with Crippen LogP contribution in [0.25, 0.3) is 11.2 Å². The van der Waals surface area contributed by atoms with Gasteiger partial charge in [0.25, 0.3) is 5.56 Å². The molecular weight excluding hydrogens is 464 g/mol. The van der Waals surface area contributed by atoms with Gasteiger partial charge in [-0.05, 0) is 48.2 Å². The van der Waals surface area contributed by atoms with Crippen molar-refractivity contribution in [2.45, 2.75) is 25.9 Å². The highest BCUT2D eigenvalue weighted by Gasteiger charge is 2.27. The quantitative estimate of drug-likeness (QED) is 0.422. The van der Waals surface area contributed by atoms with Crippen LogP contribution in [0.3, 0.4) is 0 Å². The Bertz CT molecular complexity index is 1420. The zero-order chi connectivity index (χ0) is 25.8. The molecule has 0 spiro atoms. The first kappa shape index (κ1) is 24.5. The molecule has 2 aromatic carbocycles. The van der Waals surface area contributed by atoms with Gasteiger partial charge in [0.15, 0.2) is 11.5 Å². The molecule has 0 unspecified atom stereocenters. The second-order valence-electron chi connectivity index (χ2n) is 9.70. The fourth-order valence-corrected chi connectivity index (χ4v) is 4.78. The lowest BCUT2D eigenvalue weighted by atomic mass is 9.96. The standard InChI is InChI=1S/C29H32N6O2/c1-33(2)24-12-10-21(11-13-24)19-31-28(36)23-14-17-34(18-15-23)27-29(37)35(20-22-7-4-3-5-8-22)26-25(32-27)9-6-16-30-26/h3-13,16,23H,14-15,17-20H2,1-2H3,(H,31,36). The van der Waals surface area contributed by atoms with Gasteiger partial charge in [-0.15, -0.1) is 0 Å². The van der Waals surface area contributed by atoms with E-state index in [1.54, 1.807) is 10.8 Å². The van der Waals surface area contributed by atoms with Crippen molar-refractivity contribution >= 4 is 28.6 Å². The zero-order valence-corrected chi connectivity index (χ0v) is 21.3. The summed E-state index contributed by atoms with van der Waals surface area (Å²) < 4.78 is 1.70. The van der Waals surface area contributed by atoms with Crippen LogP contribution in [-0.2, 0) is 17.9 Å². The lowest BCUT2D eigenvalue weighted by Gasteiger charge is -2.32. The van der Waals surface area contributed by atoms with E-state index in [1.807, 2.05) is 78.5 Å². The molecule has 0 aliphatic carbocycles. The van der Waals surface area contributed by atoms with Gasteiger partial charge in [0.1, 0.15) is 5.52 Å². The second kappa shape index (κ2) is 10.8. The molecule has 5 rings (SSSR count). The van der Waals surface area contributed by atoms with E-state index in [4.69, 9.17) is 4.98 Å². The summed E-state index contributed by atoms with van der Waals surface area (Å²) in [7, 11) is 4.01. The lowest BCUT2D eigenvalue weighted by Crippen LogP contribution is -2.43. The number of pyridine rings is 1. The molecule has 0 atom stereocenters. The molecule has 1 aliphatic rings. The van der Waals surface area contributed by atoms with Crippen LogP contribution < -0.4 is 20.7 Å². The number of rotatable bonds is 7. The fraction of sp³-hybridized carbons (Fsp3) is 0.310. The first-order valence-corrected chi connectivity index (χ1v) is 12.7. The first-order chi connectivity index (χ1) is 18.0. The number of aromatic nitrogens is 3. The topological polar surface area (TPSA) is 83.4 Å². The van der Waals surface area contributed by atoms with E-state index in [0.29, 0.717) is 56.0 Å². The molecule has 37 heavy (non-hydrogen) atoms. The maximum atomic E-state index is 13.6. The summed E-state index contributed by atoms with van der Waals surface area (Å²) in [6.07, 6.45) is 3.04. The number of piperidine rings is 1. The van der Waals surface area contributed by atoms with Gasteiger partial charge in [-0.25, -0.2) is 9.97 Å². The predicted octanol–water partition coefficient (Wildman–Crippen LogP) is 3.44. The van der Waals surface area contributed by atoms with Gasteiger partial charge in [0, 0.05) is 51.5 Å². The van der Waals surface area contributed by atoms with Gasteiger partial charge in [0.2, 0.25) is 5.91 Å². The minimum absolute atomic E-state index is 0.0634. The van der Waals surface area contributed by atoms with Gasteiger partial charge in [-0.2, -0.15) is 0 Å². The van der Waals surface area contributed by atoms with Crippen LogP contribution in [0.4, 0.5) is 11.5 Å². The SMILES string of the molecule is CN(C)c1ccc(CNC(=O)C2CCN(c3nc4cccnc4n(Cc4ccccc4)c3=O)CC2)cc1. The molecule has 0 saturated carbocycles. The van der Waals surface area contributed by atoms with Crippen molar-refractivity contribution in [2.75, 3.05) is 37.0 Å². The van der Waals surface area contributed by atoms with Crippen molar-refractivity contribution in [3.8, 4) is 0 Å². The molecule has 3 heterocycles. The maximum Gasteiger partial charge on any atom is 0.295 e. The van der Waals surface area contributed by atoms with Crippen molar-refractivity contribution < 1.29 is 4.79 Å². The summed E-state index contributed by atoms with van der Waals surface area (Å²) in [5.41, 5.74) is 4.34. The highest BCUT2D eigenvalue weighted by Crippen LogP contribution is 2.22. The molecule has 190 valence electrons. The number of hydrogen-bond acceptors (Lipinski definition) is 6. The Balaban J connectivity index is 1.27. The number of hydrogen-bond donors (Lipinski definition) is 1. The van der Waals surface area contributed by atoms with Crippen molar-refractivity contribution in [2.24, 2.45) is 5.92 Å². The van der Waals surface area contributed by atoms with E-state index in [0.717, 1.165) is 16.8 Å². The Hall–Kier alpha value is -4.20. The average molecular weight is 497 g/mol. The van der Waals surface area contributed by atoms with E-state index in [1.165, 1.54) is 0 Å². The highest BCUT2D eigenvalue weighted by atomic mass is 16.2. The smallest absolute Gasteiger partial charge is 0.295 e. The third kappa shape index (κ3) is 5.48. The molecule has 1 saturated heterocycles. The monoisotopic (exact) mass is 496 g/mol. The van der Waals surface area contributed by atoms with Crippen molar-refractivity contribution in [1.82, 2.24) is 19.9 Å². The number of benzene rings is 2. The fourth-order valence-electron chi connectivity index (χ4n) is 4.78. The van der Waals surface area contributed by atoms with Crippen LogP contribution in [-0.4, -0.2) is 47.6 Å². The Morgan fingerprint density at radius 2 is 1.70 bits per heavy atom. The Morgan fingerprint density at radius 1 is 0.973 bits per heavy atom. The summed E-state index contributed by atoms with van der Waals surface area (Å²) in [5, 5.41) is 3.08. The molecule has 1 fully saturated rings. The maximum absolute atomic E-state index is 13.6. The van der Waals surface area contributed by atoms with Crippen molar-refractivity contribution in [1.29, 1.82) is 0 Å². The van der Waals surface area contributed by atoms with Crippen LogP contribution in [0.2, 0.25) is 0 Å². The molecule has 0 radical (unpaired) electrons. The highest BCUT2D eigenvalue weighted by molar-refractivity contribution is 5.79. The third-order valence-corrected chi connectivity index (χ3v) is 6.95. The van der Waals surface area contributed by atoms with Gasteiger partial charge < -0.3 is 15.1 Å². The molecule has 0 bridgehead atoms. The number of nitrogens with one attached hydrogen (secondary N) is 1. The molecular formula is C29H32N6O2. The number of carbonyl (C=O) groups is 1. The zero-order valence-electron chi connectivity index (χ0n) is 21.3. The summed E-state index contributed by atoms with van der Waals surface area (Å²) in [5.74, 6) is 0.413. The van der Waals surface area contributed by atoms with E-state index in [9.17, 15) is 9.59 Å².